The van der Waals surface area contributed by atoms with E-state index in [1.165, 1.54) is 0 Å². The minimum atomic E-state index is -1.50. The molecule has 13 heavy (non-hydrogen) atoms. The Morgan fingerprint density at radius 2 is 1.92 bits per heavy atom. The topological polar surface area (TPSA) is 9.23 Å². The van der Waals surface area contributed by atoms with Crippen LogP contribution in [0.15, 0.2) is 12.3 Å². The molecule has 0 aromatic carbocycles. The van der Waals surface area contributed by atoms with Crippen molar-refractivity contribution in [1.82, 2.24) is 0 Å². The lowest BCUT2D eigenvalue weighted by Crippen LogP contribution is -2.24. The number of allylic oxidation sites excluding steroid dienone is 1. The lowest BCUT2D eigenvalue weighted by atomic mass is 10.1. The van der Waals surface area contributed by atoms with Crippen molar-refractivity contribution < 1.29 is 4.43 Å². The average molecular weight is 196 g/mol. The van der Waals surface area contributed by atoms with Gasteiger partial charge in [-0.1, -0.05) is 19.8 Å². The van der Waals surface area contributed by atoms with Gasteiger partial charge >= 0.3 is 0 Å². The second-order valence-corrected chi connectivity index (χ2v) is 8.97. The Morgan fingerprint density at radius 1 is 1.38 bits per heavy atom. The highest BCUT2D eigenvalue weighted by Crippen LogP contribution is 2.07. The van der Waals surface area contributed by atoms with Gasteiger partial charge in [-0.2, -0.15) is 0 Å². The first kappa shape index (κ1) is 12.3. The average Bonchev–Trinajstić information content (AvgIpc) is 1.81. The van der Waals surface area contributed by atoms with Gasteiger partial charge in [0, 0.05) is 6.42 Å². The van der Waals surface area contributed by atoms with E-state index in [1.807, 2.05) is 0 Å². The minimum absolute atomic E-state index is 0.618. The number of rotatable bonds is 3. The smallest absolute Gasteiger partial charge is 0.243 e. The highest BCUT2D eigenvalue weighted by atomic mass is 28.4. The van der Waals surface area contributed by atoms with Crippen molar-refractivity contribution in [3.63, 3.8) is 0 Å². The van der Waals surface area contributed by atoms with Crippen LogP contribution in [0.3, 0.4) is 0 Å². The van der Waals surface area contributed by atoms with Gasteiger partial charge in [0.1, 0.15) is 5.76 Å². The predicted octanol–water partition coefficient (Wildman–Crippen LogP) is 3.40. The van der Waals surface area contributed by atoms with Crippen molar-refractivity contribution in [1.29, 1.82) is 0 Å². The van der Waals surface area contributed by atoms with Crippen molar-refractivity contribution in [2.75, 3.05) is 0 Å². The molecule has 0 radical (unpaired) electrons. The van der Waals surface area contributed by atoms with E-state index in [4.69, 9.17) is 4.43 Å². The molecular formula is C11H20OSi. The second-order valence-electron chi connectivity index (χ2n) is 4.54. The fourth-order valence-corrected chi connectivity index (χ4v) is 1.54. The zero-order valence-corrected chi connectivity index (χ0v) is 10.4. The van der Waals surface area contributed by atoms with E-state index in [0.717, 1.165) is 6.42 Å². The predicted molar refractivity (Wildman–Crippen MR) is 60.8 cm³/mol. The van der Waals surface area contributed by atoms with Crippen LogP contribution in [0.2, 0.25) is 19.6 Å². The Bertz CT molecular complexity index is 225. The summed E-state index contributed by atoms with van der Waals surface area (Å²) in [5, 5.41) is 0. The van der Waals surface area contributed by atoms with Crippen LogP contribution in [0, 0.1) is 17.8 Å². The summed E-state index contributed by atoms with van der Waals surface area (Å²) in [6.45, 7) is 14.5. The van der Waals surface area contributed by atoms with Crippen molar-refractivity contribution in [3.05, 3.63) is 12.3 Å². The van der Waals surface area contributed by atoms with Gasteiger partial charge in [0.25, 0.3) is 0 Å². The standard InChI is InChI=1S/C11H20OSi/c1-10(2)8-7-9-11(3)12-13(4,5)6/h10H,3,8H2,1-2,4-6H3. The Balaban J connectivity index is 3.92. The van der Waals surface area contributed by atoms with E-state index < -0.39 is 8.32 Å². The zero-order valence-electron chi connectivity index (χ0n) is 9.40. The summed E-state index contributed by atoms with van der Waals surface area (Å²) in [5.41, 5.74) is 0. The van der Waals surface area contributed by atoms with Crippen LogP contribution in [0.25, 0.3) is 0 Å². The Hall–Kier alpha value is -0.683. The molecule has 0 amide bonds. The van der Waals surface area contributed by atoms with Crippen molar-refractivity contribution in [2.24, 2.45) is 5.92 Å². The van der Waals surface area contributed by atoms with Crippen LogP contribution in [0.1, 0.15) is 20.3 Å². The van der Waals surface area contributed by atoms with Crippen molar-refractivity contribution >= 4 is 8.32 Å². The normalized spacial score (nSPS) is 10.6. The van der Waals surface area contributed by atoms with Gasteiger partial charge in [0.15, 0.2) is 0 Å². The molecule has 0 aliphatic heterocycles. The summed E-state index contributed by atoms with van der Waals surface area (Å²) in [6, 6.07) is 0. The molecule has 0 aromatic rings. The molecule has 0 rings (SSSR count). The van der Waals surface area contributed by atoms with E-state index in [2.05, 4.69) is 51.9 Å². The summed E-state index contributed by atoms with van der Waals surface area (Å²) in [7, 11) is -1.50. The van der Waals surface area contributed by atoms with Gasteiger partial charge in [-0.3, -0.25) is 0 Å². The quantitative estimate of drug-likeness (QED) is 0.382. The monoisotopic (exact) mass is 196 g/mol. The summed E-state index contributed by atoms with van der Waals surface area (Å²) in [6.07, 6.45) is 0.911. The lowest BCUT2D eigenvalue weighted by Gasteiger charge is -2.17. The molecule has 1 nitrogen and oxygen atoms in total. The molecule has 0 aliphatic rings. The highest BCUT2D eigenvalue weighted by Gasteiger charge is 2.15. The van der Waals surface area contributed by atoms with E-state index in [-0.39, 0.29) is 0 Å². The molecule has 74 valence electrons. The van der Waals surface area contributed by atoms with Crippen LogP contribution < -0.4 is 0 Å². The zero-order chi connectivity index (χ0) is 10.5. The van der Waals surface area contributed by atoms with Crippen molar-refractivity contribution in [3.8, 4) is 11.8 Å². The molecular weight excluding hydrogens is 176 g/mol. The highest BCUT2D eigenvalue weighted by molar-refractivity contribution is 6.70. The molecule has 0 fully saturated rings. The largest absolute Gasteiger partial charge is 0.539 e. The Morgan fingerprint density at radius 3 is 2.31 bits per heavy atom. The van der Waals surface area contributed by atoms with E-state index in [1.54, 1.807) is 0 Å². The Kier molecular flexibility index (Phi) is 4.86. The first-order valence-electron chi connectivity index (χ1n) is 4.68. The van der Waals surface area contributed by atoms with E-state index in [0.29, 0.717) is 11.7 Å². The van der Waals surface area contributed by atoms with Crippen LogP contribution >= 0.6 is 0 Å². The fraction of sp³-hybridized carbons (Fsp3) is 0.636. The van der Waals surface area contributed by atoms with Crippen LogP contribution in [0.4, 0.5) is 0 Å². The molecule has 0 unspecified atom stereocenters. The third kappa shape index (κ3) is 9.23. The number of hydrogen-bond acceptors (Lipinski definition) is 1. The van der Waals surface area contributed by atoms with Gasteiger partial charge in [-0.25, -0.2) is 0 Å². The van der Waals surface area contributed by atoms with Gasteiger partial charge in [0.05, 0.1) is 0 Å². The van der Waals surface area contributed by atoms with E-state index >= 15 is 0 Å². The van der Waals surface area contributed by atoms with Crippen LogP contribution in [-0.2, 0) is 4.43 Å². The molecule has 0 saturated carbocycles. The molecule has 0 N–H and O–H groups in total. The van der Waals surface area contributed by atoms with E-state index in [9.17, 15) is 0 Å². The molecule has 0 bridgehead atoms. The summed E-state index contributed by atoms with van der Waals surface area (Å²) >= 11 is 0. The SMILES string of the molecule is C=C(C#CCC(C)C)O[Si](C)(C)C. The summed E-state index contributed by atoms with van der Waals surface area (Å²) < 4.78 is 5.59. The van der Waals surface area contributed by atoms with Gasteiger partial charge in [-0.05, 0) is 38.1 Å². The van der Waals surface area contributed by atoms with Crippen LogP contribution in [-0.4, -0.2) is 8.32 Å². The lowest BCUT2D eigenvalue weighted by molar-refractivity contribution is 0.449. The maximum atomic E-state index is 5.59. The second kappa shape index (κ2) is 5.13. The Labute approximate surface area is 83.3 Å². The van der Waals surface area contributed by atoms with Gasteiger partial charge in [-0.15, -0.1) is 0 Å². The minimum Gasteiger partial charge on any atom is -0.539 e. The molecule has 0 heterocycles. The van der Waals surface area contributed by atoms with Gasteiger partial charge in [0.2, 0.25) is 8.32 Å². The molecule has 0 saturated heterocycles. The maximum absolute atomic E-state index is 5.59. The van der Waals surface area contributed by atoms with Crippen LogP contribution in [0.5, 0.6) is 0 Å². The van der Waals surface area contributed by atoms with Gasteiger partial charge < -0.3 is 4.43 Å². The van der Waals surface area contributed by atoms with Crippen molar-refractivity contribution in [2.45, 2.75) is 39.9 Å². The number of hydrogen-bond donors (Lipinski definition) is 0. The molecule has 0 aliphatic carbocycles. The summed E-state index contributed by atoms with van der Waals surface area (Å²) in [5.74, 6) is 7.24. The fourth-order valence-electron chi connectivity index (χ4n) is 0.749. The first-order valence-corrected chi connectivity index (χ1v) is 8.09. The molecule has 0 aromatic heterocycles. The first-order chi connectivity index (χ1) is 5.81. The molecule has 0 atom stereocenters. The third-order valence-electron chi connectivity index (χ3n) is 1.17. The maximum Gasteiger partial charge on any atom is 0.243 e. The summed E-state index contributed by atoms with van der Waals surface area (Å²) in [4.78, 5) is 0. The third-order valence-corrected chi connectivity index (χ3v) is 2.03. The molecule has 2 heteroatoms. The molecule has 0 spiro atoms.